The first-order chi connectivity index (χ1) is 24.9. The predicted molar refractivity (Wildman–Crippen MR) is 195 cm³/mol. The number of unbranched alkanes of at least 4 members (excludes halogenated alkanes) is 8. The van der Waals surface area contributed by atoms with Gasteiger partial charge in [0.2, 0.25) is 0 Å². The highest BCUT2D eigenvalue weighted by molar-refractivity contribution is 5.50. The van der Waals surface area contributed by atoms with Crippen LogP contribution in [0, 0.1) is 0 Å². The largest absolute Gasteiger partial charge is 0.497 e. The molecule has 10 nitrogen and oxygen atoms in total. The van der Waals surface area contributed by atoms with Gasteiger partial charge in [0, 0.05) is 24.6 Å². The number of carbonyl (C=O) groups is 1. The van der Waals surface area contributed by atoms with Crippen molar-refractivity contribution in [2.24, 2.45) is 0 Å². The molecule has 0 unspecified atom stereocenters. The quantitative estimate of drug-likeness (QED) is 0.0611. The van der Waals surface area contributed by atoms with Crippen LogP contribution in [0.15, 0.2) is 94.6 Å². The van der Waals surface area contributed by atoms with Gasteiger partial charge in [-0.3, -0.25) is 14.3 Å². The molecule has 1 aromatic heterocycles. The molecule has 2 N–H and O–H groups in total. The van der Waals surface area contributed by atoms with Crippen LogP contribution in [-0.2, 0) is 26.3 Å². The zero-order chi connectivity index (χ0) is 36.1. The molecule has 272 valence electrons. The Kier molecular flexibility index (Phi) is 13.8. The number of aliphatic hydroxyl groups is 1. The van der Waals surface area contributed by atoms with Gasteiger partial charge in [-0.05, 0) is 60.2 Å². The Hall–Kier alpha value is -4.51. The normalized spacial score (nSPS) is 17.4. The summed E-state index contributed by atoms with van der Waals surface area (Å²) in [4.78, 5) is 38.6. The number of H-pyrrole nitrogens is 1. The summed E-state index contributed by atoms with van der Waals surface area (Å²) in [6.45, 7) is 0.00661. The summed E-state index contributed by atoms with van der Waals surface area (Å²) in [6.07, 6.45) is 9.77. The number of aryl methyl sites for hydroxylation is 1. The van der Waals surface area contributed by atoms with Crippen LogP contribution in [0.5, 0.6) is 11.5 Å². The molecule has 3 aromatic carbocycles. The number of aromatic nitrogens is 2. The number of nitrogens with zero attached hydrogens (tertiary/aromatic N) is 1. The fourth-order valence-electron chi connectivity index (χ4n) is 6.84. The minimum atomic E-state index is -1.10. The summed E-state index contributed by atoms with van der Waals surface area (Å²) < 4.78 is 25.5. The van der Waals surface area contributed by atoms with Crippen LogP contribution in [0.3, 0.4) is 0 Å². The number of aliphatic hydroxyl groups excluding tert-OH is 1. The van der Waals surface area contributed by atoms with Gasteiger partial charge in [0.25, 0.3) is 5.56 Å². The Morgan fingerprint density at radius 3 is 1.92 bits per heavy atom. The van der Waals surface area contributed by atoms with Gasteiger partial charge in [-0.1, -0.05) is 93.1 Å². The van der Waals surface area contributed by atoms with E-state index >= 15 is 0 Å². The fraction of sp³-hybridized carbons (Fsp3) is 0.439. The second-order valence-corrected chi connectivity index (χ2v) is 13.1. The maximum atomic E-state index is 13.0. The van der Waals surface area contributed by atoms with E-state index in [2.05, 4.69) is 4.98 Å². The highest BCUT2D eigenvalue weighted by atomic mass is 16.6. The molecule has 1 saturated heterocycles. The molecule has 1 aliphatic heterocycles. The van der Waals surface area contributed by atoms with Crippen LogP contribution < -0.4 is 20.7 Å². The number of aromatic amines is 1. The van der Waals surface area contributed by atoms with Gasteiger partial charge in [0.05, 0.1) is 26.9 Å². The van der Waals surface area contributed by atoms with Crippen LogP contribution in [0.4, 0.5) is 0 Å². The first-order valence-electron chi connectivity index (χ1n) is 18.0. The summed E-state index contributed by atoms with van der Waals surface area (Å²) in [5.74, 6) is 1.41. The summed E-state index contributed by atoms with van der Waals surface area (Å²) >= 11 is 0. The van der Waals surface area contributed by atoms with E-state index in [0.717, 1.165) is 74.3 Å². The lowest BCUT2D eigenvalue weighted by molar-refractivity contribution is -0.107. The number of methoxy groups -OCH3 is 2. The van der Waals surface area contributed by atoms with E-state index in [4.69, 9.17) is 18.9 Å². The van der Waals surface area contributed by atoms with E-state index in [1.165, 1.54) is 4.57 Å². The van der Waals surface area contributed by atoms with Gasteiger partial charge in [-0.25, -0.2) is 4.79 Å². The van der Waals surface area contributed by atoms with Crippen molar-refractivity contribution in [3.63, 3.8) is 0 Å². The lowest BCUT2D eigenvalue weighted by Crippen LogP contribution is -2.38. The number of benzene rings is 3. The van der Waals surface area contributed by atoms with Crippen molar-refractivity contribution < 1.29 is 28.8 Å². The van der Waals surface area contributed by atoms with Crippen LogP contribution >= 0.6 is 0 Å². The number of aldehydes is 1. The standard InChI is InChI=1S/C41H50N2O8/c1-48-34-22-18-32(19-23-34)41(31-16-12-10-13-17-31,33-20-24-35(49-2)25-21-33)50-29-37-36(45)27-38(51-37)43-28-30(39(46)42-40(43)47)15-11-8-6-4-3-5-7-9-14-26-44/h10,12-13,16-26,28,36-38,45H,3-9,11,14-15,27,29H2,1-2H3,(H,42,46,47)/t36-,37+,38+/m0/s1. The second-order valence-electron chi connectivity index (χ2n) is 13.1. The molecule has 4 aromatic rings. The molecule has 10 heteroatoms. The van der Waals surface area contributed by atoms with Crippen LogP contribution in [0.1, 0.15) is 92.7 Å². The monoisotopic (exact) mass is 698 g/mol. The number of hydrogen-bond donors (Lipinski definition) is 2. The third kappa shape index (κ3) is 9.44. The predicted octanol–water partition coefficient (Wildman–Crippen LogP) is 6.46. The van der Waals surface area contributed by atoms with E-state index in [-0.39, 0.29) is 13.0 Å². The highest BCUT2D eigenvalue weighted by Gasteiger charge is 2.42. The van der Waals surface area contributed by atoms with Crippen molar-refractivity contribution in [1.29, 1.82) is 0 Å². The highest BCUT2D eigenvalue weighted by Crippen LogP contribution is 2.42. The lowest BCUT2D eigenvalue weighted by atomic mass is 9.80. The van der Waals surface area contributed by atoms with Gasteiger partial charge in [-0.15, -0.1) is 0 Å². The van der Waals surface area contributed by atoms with Crippen LogP contribution in [0.25, 0.3) is 0 Å². The third-order valence-electron chi connectivity index (χ3n) is 9.71. The first kappa shape index (κ1) is 37.7. The van der Waals surface area contributed by atoms with Crippen molar-refractivity contribution in [2.45, 2.75) is 94.7 Å². The zero-order valence-corrected chi connectivity index (χ0v) is 29.6. The Labute approximate surface area is 299 Å². The Morgan fingerprint density at radius 2 is 1.35 bits per heavy atom. The molecule has 0 spiro atoms. The first-order valence-corrected chi connectivity index (χ1v) is 18.0. The van der Waals surface area contributed by atoms with Crippen molar-refractivity contribution in [1.82, 2.24) is 9.55 Å². The van der Waals surface area contributed by atoms with E-state index in [1.807, 2.05) is 78.9 Å². The Balaban J connectivity index is 1.31. The van der Waals surface area contributed by atoms with Crippen molar-refractivity contribution in [2.75, 3.05) is 20.8 Å². The number of ether oxygens (including phenoxy) is 4. The molecular formula is C41H50N2O8. The van der Waals surface area contributed by atoms with E-state index in [1.54, 1.807) is 20.4 Å². The molecule has 3 atom stereocenters. The minimum Gasteiger partial charge on any atom is -0.497 e. The molecular weight excluding hydrogens is 648 g/mol. The summed E-state index contributed by atoms with van der Waals surface area (Å²) in [5.41, 5.74) is 1.02. The number of carbonyl (C=O) groups excluding carboxylic acids is 1. The van der Waals surface area contributed by atoms with Gasteiger partial charge in [-0.2, -0.15) is 0 Å². The number of nitrogens with one attached hydrogen (secondary N) is 1. The summed E-state index contributed by atoms with van der Waals surface area (Å²) in [7, 11) is 3.24. The van der Waals surface area contributed by atoms with Crippen LogP contribution in [0.2, 0.25) is 0 Å². The Morgan fingerprint density at radius 1 is 0.804 bits per heavy atom. The maximum absolute atomic E-state index is 13.0. The topological polar surface area (TPSA) is 129 Å². The van der Waals surface area contributed by atoms with E-state index in [0.29, 0.717) is 29.9 Å². The van der Waals surface area contributed by atoms with E-state index < -0.39 is 35.3 Å². The molecule has 0 aliphatic carbocycles. The van der Waals surface area contributed by atoms with Crippen molar-refractivity contribution in [3.8, 4) is 11.5 Å². The van der Waals surface area contributed by atoms with Crippen molar-refractivity contribution in [3.05, 3.63) is 128 Å². The van der Waals surface area contributed by atoms with Gasteiger partial charge in [0.1, 0.15) is 35.7 Å². The minimum absolute atomic E-state index is 0.00661. The van der Waals surface area contributed by atoms with Gasteiger partial charge in [0.15, 0.2) is 0 Å². The second kappa shape index (κ2) is 18.6. The molecule has 1 aliphatic rings. The van der Waals surface area contributed by atoms with Gasteiger partial charge >= 0.3 is 5.69 Å². The van der Waals surface area contributed by atoms with Crippen molar-refractivity contribution >= 4 is 6.29 Å². The molecule has 0 amide bonds. The summed E-state index contributed by atoms with van der Waals surface area (Å²) in [5, 5.41) is 11.2. The maximum Gasteiger partial charge on any atom is 0.330 e. The van der Waals surface area contributed by atoms with Crippen LogP contribution in [-0.4, -0.2) is 54.0 Å². The SMILES string of the molecule is COc1ccc(C(OC[C@H]2O[C@@H](n3cc(CCCCCCCCCCC=O)c(=O)[nH]c3=O)C[C@@H]2O)(c2ccccc2)c2ccc(OC)cc2)cc1. The molecule has 0 saturated carbocycles. The molecule has 2 heterocycles. The summed E-state index contributed by atoms with van der Waals surface area (Å²) in [6, 6.07) is 25.3. The number of rotatable bonds is 20. The smallest absolute Gasteiger partial charge is 0.330 e. The average molecular weight is 699 g/mol. The Bertz CT molecular complexity index is 1720. The lowest BCUT2D eigenvalue weighted by Gasteiger charge is -2.37. The molecule has 51 heavy (non-hydrogen) atoms. The molecule has 5 rings (SSSR count). The molecule has 0 radical (unpaired) electrons. The van der Waals surface area contributed by atoms with Gasteiger partial charge < -0.3 is 28.8 Å². The molecule has 0 bridgehead atoms. The number of hydrogen-bond acceptors (Lipinski definition) is 8. The average Bonchev–Trinajstić information content (AvgIpc) is 3.53. The molecule has 1 fully saturated rings. The fourth-order valence-corrected chi connectivity index (χ4v) is 6.84. The zero-order valence-electron chi connectivity index (χ0n) is 29.6. The third-order valence-corrected chi connectivity index (χ3v) is 9.71. The van der Waals surface area contributed by atoms with E-state index in [9.17, 15) is 19.5 Å².